The lowest BCUT2D eigenvalue weighted by Crippen LogP contribution is -2.35. The Morgan fingerprint density at radius 3 is 2.56 bits per heavy atom. The molecule has 3 aromatic rings. The Balaban J connectivity index is 1.55. The maximum absolute atomic E-state index is 13.2. The van der Waals surface area contributed by atoms with E-state index >= 15 is 0 Å². The molecule has 0 saturated heterocycles. The first-order chi connectivity index (χ1) is 16.3. The van der Waals surface area contributed by atoms with Crippen LogP contribution in [0.3, 0.4) is 0 Å². The number of rotatable bonds is 8. The summed E-state index contributed by atoms with van der Waals surface area (Å²) in [6, 6.07) is 15.8. The molecule has 1 unspecified atom stereocenters. The second kappa shape index (κ2) is 9.80. The Morgan fingerprint density at radius 2 is 1.82 bits per heavy atom. The predicted octanol–water partition coefficient (Wildman–Crippen LogP) is 3.40. The average Bonchev–Trinajstić information content (AvgIpc) is 3.27. The fourth-order valence-electron chi connectivity index (χ4n) is 4.08. The minimum atomic E-state index is -3.66. The molecule has 1 amide bonds. The van der Waals surface area contributed by atoms with E-state index in [-0.39, 0.29) is 16.6 Å². The highest BCUT2D eigenvalue weighted by atomic mass is 32.2. The zero-order valence-electron chi connectivity index (χ0n) is 19.6. The van der Waals surface area contributed by atoms with Gasteiger partial charge >= 0.3 is 0 Å². The molecule has 1 aliphatic rings. The van der Waals surface area contributed by atoms with E-state index in [2.05, 4.69) is 20.1 Å². The van der Waals surface area contributed by atoms with Crippen LogP contribution in [-0.2, 0) is 21.4 Å². The molecule has 0 bridgehead atoms. The molecule has 1 aliphatic heterocycles. The van der Waals surface area contributed by atoms with Crippen molar-refractivity contribution in [2.75, 3.05) is 0 Å². The molecule has 178 valence electrons. The third kappa shape index (κ3) is 4.75. The lowest BCUT2D eigenvalue weighted by atomic mass is 10.1. The summed E-state index contributed by atoms with van der Waals surface area (Å²) in [6.45, 7) is 6.26. The first-order valence-electron chi connectivity index (χ1n) is 11.4. The summed E-state index contributed by atoms with van der Waals surface area (Å²) in [5.74, 6) is -0.0214. The molecule has 0 spiro atoms. The number of amidine groups is 1. The number of sulfonamides is 1. The van der Waals surface area contributed by atoms with Crippen molar-refractivity contribution in [3.05, 3.63) is 77.1 Å². The highest BCUT2D eigenvalue weighted by Crippen LogP contribution is 2.23. The van der Waals surface area contributed by atoms with Crippen LogP contribution in [0.15, 0.2) is 64.5 Å². The first-order valence-corrected chi connectivity index (χ1v) is 12.9. The molecule has 0 radical (unpaired) electrons. The van der Waals surface area contributed by atoms with Crippen LogP contribution in [0.5, 0.6) is 0 Å². The van der Waals surface area contributed by atoms with Gasteiger partial charge in [-0.1, -0.05) is 50.1 Å². The number of fused-ring (bicyclic) bond motifs is 1. The minimum Gasteiger partial charge on any atom is -0.350 e. The standard InChI is InChI=1S/C25H29N5O3S/c1-4-5-14-22(27-24-20-13-9-10-15-23(20)34(32,33)29-24)25(31)26-16-21-17(2)28-30(18(21)3)19-11-7-6-8-12-19/h6-13,15,22H,4-5,14,16H2,1-3H3,(H,26,31)(H,27,29). The van der Waals surface area contributed by atoms with Gasteiger partial charge in [0.05, 0.1) is 16.3 Å². The van der Waals surface area contributed by atoms with Crippen molar-refractivity contribution in [1.29, 1.82) is 0 Å². The number of hydrogen-bond donors (Lipinski definition) is 2. The summed E-state index contributed by atoms with van der Waals surface area (Å²) in [6.07, 6.45) is 2.23. The number of amides is 1. The maximum atomic E-state index is 13.2. The quantitative estimate of drug-likeness (QED) is 0.516. The predicted molar refractivity (Wildman–Crippen MR) is 131 cm³/mol. The number of nitrogens with one attached hydrogen (secondary N) is 2. The van der Waals surface area contributed by atoms with Gasteiger partial charge in [-0.05, 0) is 44.5 Å². The van der Waals surface area contributed by atoms with Gasteiger partial charge in [0, 0.05) is 23.4 Å². The number of carbonyl (C=O) groups is 1. The van der Waals surface area contributed by atoms with E-state index in [1.165, 1.54) is 6.07 Å². The highest BCUT2D eigenvalue weighted by Gasteiger charge is 2.31. The van der Waals surface area contributed by atoms with E-state index in [4.69, 9.17) is 0 Å². The highest BCUT2D eigenvalue weighted by molar-refractivity contribution is 7.90. The molecule has 0 aliphatic carbocycles. The van der Waals surface area contributed by atoms with E-state index in [1.807, 2.05) is 55.8 Å². The third-order valence-electron chi connectivity index (χ3n) is 5.96. The van der Waals surface area contributed by atoms with E-state index in [9.17, 15) is 13.2 Å². The second-order valence-electron chi connectivity index (χ2n) is 8.35. The number of aliphatic imine (C=N–C) groups is 1. The zero-order chi connectivity index (χ0) is 24.3. The van der Waals surface area contributed by atoms with Gasteiger partial charge in [-0.2, -0.15) is 5.10 Å². The number of aromatic nitrogens is 2. The largest absolute Gasteiger partial charge is 0.350 e. The number of para-hydroxylation sites is 1. The van der Waals surface area contributed by atoms with Gasteiger partial charge in [-0.15, -0.1) is 0 Å². The SMILES string of the molecule is CCCCC(N=C1NS(=O)(=O)c2ccccc21)C(=O)NCc1c(C)nn(-c2ccccc2)c1C. The van der Waals surface area contributed by atoms with Gasteiger partial charge < -0.3 is 5.32 Å². The molecule has 1 aromatic heterocycles. The number of benzene rings is 2. The lowest BCUT2D eigenvalue weighted by molar-refractivity contribution is -0.122. The van der Waals surface area contributed by atoms with Crippen molar-refractivity contribution in [3.63, 3.8) is 0 Å². The summed E-state index contributed by atoms with van der Waals surface area (Å²) in [5.41, 5.74) is 4.20. The Labute approximate surface area is 200 Å². The number of carbonyl (C=O) groups excluding carboxylic acids is 1. The van der Waals surface area contributed by atoms with E-state index < -0.39 is 16.1 Å². The summed E-state index contributed by atoms with van der Waals surface area (Å²) >= 11 is 0. The zero-order valence-corrected chi connectivity index (χ0v) is 20.4. The van der Waals surface area contributed by atoms with Crippen LogP contribution < -0.4 is 10.0 Å². The van der Waals surface area contributed by atoms with Crippen LogP contribution in [0.2, 0.25) is 0 Å². The second-order valence-corrected chi connectivity index (χ2v) is 10.0. The van der Waals surface area contributed by atoms with Crippen molar-refractivity contribution in [3.8, 4) is 5.69 Å². The summed E-state index contributed by atoms with van der Waals surface area (Å²) in [5, 5.41) is 7.63. The van der Waals surface area contributed by atoms with Gasteiger partial charge in [0.1, 0.15) is 11.9 Å². The van der Waals surface area contributed by atoms with E-state index in [0.29, 0.717) is 18.5 Å². The first kappa shape index (κ1) is 23.7. The number of unbranched alkanes of at least 4 members (excludes halogenated alkanes) is 1. The molecule has 0 fully saturated rings. The maximum Gasteiger partial charge on any atom is 0.263 e. The van der Waals surface area contributed by atoms with Crippen LogP contribution in [0.4, 0.5) is 0 Å². The normalized spacial score (nSPS) is 16.1. The van der Waals surface area contributed by atoms with Crippen LogP contribution in [0, 0.1) is 13.8 Å². The van der Waals surface area contributed by atoms with Crippen molar-refractivity contribution in [1.82, 2.24) is 19.8 Å². The monoisotopic (exact) mass is 479 g/mol. The van der Waals surface area contributed by atoms with Gasteiger partial charge in [0.2, 0.25) is 5.91 Å². The molecule has 2 aromatic carbocycles. The van der Waals surface area contributed by atoms with Crippen molar-refractivity contribution in [2.24, 2.45) is 4.99 Å². The van der Waals surface area contributed by atoms with Crippen molar-refractivity contribution < 1.29 is 13.2 Å². The summed E-state index contributed by atoms with van der Waals surface area (Å²) in [7, 11) is -3.66. The fourth-order valence-corrected chi connectivity index (χ4v) is 5.32. The molecule has 0 saturated carbocycles. The Kier molecular flexibility index (Phi) is 6.83. The van der Waals surface area contributed by atoms with Crippen LogP contribution in [0.1, 0.15) is 48.7 Å². The van der Waals surface area contributed by atoms with Gasteiger partial charge in [0.25, 0.3) is 10.0 Å². The molecular formula is C25H29N5O3S. The Hall–Kier alpha value is -3.46. The fraction of sp³-hybridized carbons (Fsp3) is 0.320. The molecule has 2 heterocycles. The number of aryl methyl sites for hydroxylation is 1. The summed E-state index contributed by atoms with van der Waals surface area (Å²) in [4.78, 5) is 17.9. The van der Waals surface area contributed by atoms with Gasteiger partial charge in [-0.3, -0.25) is 14.5 Å². The molecule has 8 nitrogen and oxygen atoms in total. The number of hydrogen-bond acceptors (Lipinski definition) is 5. The van der Waals surface area contributed by atoms with Crippen LogP contribution in [-0.4, -0.2) is 36.0 Å². The summed E-state index contributed by atoms with van der Waals surface area (Å²) < 4.78 is 29.2. The molecule has 4 rings (SSSR count). The Bertz CT molecular complexity index is 1330. The molecule has 9 heteroatoms. The Morgan fingerprint density at radius 1 is 1.12 bits per heavy atom. The third-order valence-corrected chi connectivity index (χ3v) is 7.36. The van der Waals surface area contributed by atoms with E-state index in [0.717, 1.165) is 35.5 Å². The topological polar surface area (TPSA) is 105 Å². The van der Waals surface area contributed by atoms with Crippen molar-refractivity contribution in [2.45, 2.75) is 57.5 Å². The van der Waals surface area contributed by atoms with Crippen molar-refractivity contribution >= 4 is 21.8 Å². The van der Waals surface area contributed by atoms with Gasteiger partial charge in [0.15, 0.2) is 0 Å². The molecule has 1 atom stereocenters. The van der Waals surface area contributed by atoms with E-state index in [1.54, 1.807) is 18.2 Å². The number of nitrogens with zero attached hydrogens (tertiary/aromatic N) is 3. The molecular weight excluding hydrogens is 450 g/mol. The van der Waals surface area contributed by atoms with Crippen LogP contribution in [0.25, 0.3) is 5.69 Å². The lowest BCUT2D eigenvalue weighted by Gasteiger charge is -2.14. The minimum absolute atomic E-state index is 0.183. The van der Waals surface area contributed by atoms with Gasteiger partial charge in [-0.25, -0.2) is 13.1 Å². The average molecular weight is 480 g/mol. The van der Waals surface area contributed by atoms with Crippen LogP contribution >= 0.6 is 0 Å². The molecule has 2 N–H and O–H groups in total. The smallest absolute Gasteiger partial charge is 0.263 e. The molecule has 34 heavy (non-hydrogen) atoms.